The molecule has 2 unspecified atom stereocenters. The van der Waals surface area contributed by atoms with Crippen LogP contribution >= 0.6 is 0 Å². The maximum absolute atomic E-state index is 3.76. The van der Waals surface area contributed by atoms with Crippen LogP contribution in [-0.2, 0) is 0 Å². The normalized spacial score (nSPS) is 37.3. The summed E-state index contributed by atoms with van der Waals surface area (Å²) in [6.45, 7) is 14.2. The second kappa shape index (κ2) is 3.99. The molecule has 2 aliphatic rings. The van der Waals surface area contributed by atoms with E-state index in [1.54, 1.807) is 0 Å². The molecule has 2 atom stereocenters. The molecule has 0 aromatic carbocycles. The molecule has 2 heteroatoms. The van der Waals surface area contributed by atoms with Crippen LogP contribution in [0.3, 0.4) is 0 Å². The van der Waals surface area contributed by atoms with Gasteiger partial charge in [-0.05, 0) is 36.1 Å². The molecule has 1 aliphatic carbocycles. The van der Waals surface area contributed by atoms with Crippen LogP contribution in [0.4, 0.5) is 0 Å². The zero-order valence-electron chi connectivity index (χ0n) is 11.6. The fourth-order valence-corrected chi connectivity index (χ4v) is 3.34. The number of hydrogen-bond donors (Lipinski definition) is 2. The van der Waals surface area contributed by atoms with Crippen molar-refractivity contribution in [1.82, 2.24) is 10.6 Å². The van der Waals surface area contributed by atoms with Gasteiger partial charge in [0.05, 0.1) is 0 Å². The molecule has 2 N–H and O–H groups in total. The molecule has 0 aromatic heterocycles. The Bertz CT molecular complexity index is 243. The highest BCUT2D eigenvalue weighted by molar-refractivity contribution is 5.17. The van der Waals surface area contributed by atoms with Crippen molar-refractivity contribution in [1.29, 1.82) is 0 Å². The largest absolute Gasteiger partial charge is 0.313 e. The van der Waals surface area contributed by atoms with Gasteiger partial charge in [-0.15, -0.1) is 0 Å². The third-order valence-electron chi connectivity index (χ3n) is 5.35. The standard InChI is InChI=1S/C14H28N2/c1-10-6-7-15-11(8-10)9-16-12-13(2,3)14(12,4)5/h10-12,15-16H,6-9H2,1-5H3. The molecule has 0 aromatic rings. The summed E-state index contributed by atoms with van der Waals surface area (Å²) < 4.78 is 0. The van der Waals surface area contributed by atoms with E-state index in [-0.39, 0.29) is 0 Å². The number of rotatable bonds is 3. The molecule has 2 nitrogen and oxygen atoms in total. The molecule has 2 rings (SSSR count). The zero-order valence-corrected chi connectivity index (χ0v) is 11.6. The fraction of sp³-hybridized carbons (Fsp3) is 1.00. The van der Waals surface area contributed by atoms with Crippen molar-refractivity contribution in [3.8, 4) is 0 Å². The van der Waals surface area contributed by atoms with Crippen LogP contribution < -0.4 is 10.6 Å². The molecule has 2 fully saturated rings. The van der Waals surface area contributed by atoms with Gasteiger partial charge in [0.1, 0.15) is 0 Å². The van der Waals surface area contributed by atoms with Gasteiger partial charge in [-0.2, -0.15) is 0 Å². The molecule has 1 aliphatic heterocycles. The first-order chi connectivity index (χ1) is 7.35. The minimum absolute atomic E-state index is 0.466. The van der Waals surface area contributed by atoms with Crippen molar-refractivity contribution < 1.29 is 0 Å². The Morgan fingerprint density at radius 3 is 2.31 bits per heavy atom. The Morgan fingerprint density at radius 2 is 1.81 bits per heavy atom. The van der Waals surface area contributed by atoms with E-state index in [1.165, 1.54) is 19.4 Å². The Hall–Kier alpha value is -0.0800. The molecule has 94 valence electrons. The van der Waals surface area contributed by atoms with Crippen molar-refractivity contribution in [2.75, 3.05) is 13.1 Å². The van der Waals surface area contributed by atoms with Crippen LogP contribution in [0.2, 0.25) is 0 Å². The summed E-state index contributed by atoms with van der Waals surface area (Å²) >= 11 is 0. The van der Waals surface area contributed by atoms with Gasteiger partial charge in [0.25, 0.3) is 0 Å². The van der Waals surface area contributed by atoms with E-state index in [4.69, 9.17) is 0 Å². The molecular formula is C14H28N2. The van der Waals surface area contributed by atoms with Gasteiger partial charge in [0.15, 0.2) is 0 Å². The number of nitrogens with one attached hydrogen (secondary N) is 2. The third kappa shape index (κ3) is 2.02. The van der Waals surface area contributed by atoms with Crippen molar-refractivity contribution in [2.45, 2.75) is 59.5 Å². The van der Waals surface area contributed by atoms with Gasteiger partial charge in [0.2, 0.25) is 0 Å². The third-order valence-corrected chi connectivity index (χ3v) is 5.35. The van der Waals surface area contributed by atoms with E-state index in [2.05, 4.69) is 45.3 Å². The van der Waals surface area contributed by atoms with Crippen molar-refractivity contribution in [3.63, 3.8) is 0 Å². The molecule has 0 radical (unpaired) electrons. The van der Waals surface area contributed by atoms with Gasteiger partial charge in [0, 0.05) is 18.6 Å². The second-order valence-electron chi connectivity index (χ2n) is 7.07. The maximum Gasteiger partial charge on any atom is 0.0195 e. The lowest BCUT2D eigenvalue weighted by Gasteiger charge is -2.28. The Morgan fingerprint density at radius 1 is 1.19 bits per heavy atom. The molecule has 0 bridgehead atoms. The minimum Gasteiger partial charge on any atom is -0.313 e. The summed E-state index contributed by atoms with van der Waals surface area (Å²) in [6.07, 6.45) is 2.68. The quantitative estimate of drug-likeness (QED) is 0.769. The summed E-state index contributed by atoms with van der Waals surface area (Å²) in [6, 6.07) is 1.38. The summed E-state index contributed by atoms with van der Waals surface area (Å²) in [5, 5.41) is 7.39. The monoisotopic (exact) mass is 224 g/mol. The summed E-state index contributed by atoms with van der Waals surface area (Å²) in [4.78, 5) is 0. The van der Waals surface area contributed by atoms with Crippen LogP contribution in [0, 0.1) is 16.7 Å². The van der Waals surface area contributed by atoms with Crippen molar-refractivity contribution in [3.05, 3.63) is 0 Å². The molecule has 1 saturated carbocycles. The van der Waals surface area contributed by atoms with Gasteiger partial charge in [-0.25, -0.2) is 0 Å². The first-order valence-electron chi connectivity index (χ1n) is 6.82. The van der Waals surface area contributed by atoms with E-state index in [9.17, 15) is 0 Å². The van der Waals surface area contributed by atoms with Crippen LogP contribution in [0.25, 0.3) is 0 Å². The van der Waals surface area contributed by atoms with Crippen LogP contribution in [0.1, 0.15) is 47.5 Å². The second-order valence-corrected chi connectivity index (χ2v) is 7.07. The van der Waals surface area contributed by atoms with Crippen molar-refractivity contribution >= 4 is 0 Å². The maximum atomic E-state index is 3.76. The van der Waals surface area contributed by atoms with Gasteiger partial charge < -0.3 is 10.6 Å². The molecule has 0 amide bonds. The number of piperidine rings is 1. The molecule has 0 spiro atoms. The minimum atomic E-state index is 0.466. The highest BCUT2D eigenvalue weighted by atomic mass is 15.1. The summed E-state index contributed by atoms with van der Waals surface area (Å²) in [5.74, 6) is 0.897. The SMILES string of the molecule is CC1CCNC(CNC2C(C)(C)C2(C)C)C1. The van der Waals surface area contributed by atoms with Crippen LogP contribution in [-0.4, -0.2) is 25.2 Å². The smallest absolute Gasteiger partial charge is 0.0195 e. The first-order valence-corrected chi connectivity index (χ1v) is 6.82. The average molecular weight is 224 g/mol. The highest BCUT2D eigenvalue weighted by Crippen LogP contribution is 2.62. The lowest BCUT2D eigenvalue weighted by molar-refractivity contribution is 0.306. The van der Waals surface area contributed by atoms with Gasteiger partial charge >= 0.3 is 0 Å². The molecule has 1 heterocycles. The van der Waals surface area contributed by atoms with Gasteiger partial charge in [-0.3, -0.25) is 0 Å². The zero-order chi connectivity index (χ0) is 12.0. The van der Waals surface area contributed by atoms with E-state index in [1.807, 2.05) is 0 Å². The van der Waals surface area contributed by atoms with Crippen molar-refractivity contribution in [2.24, 2.45) is 16.7 Å². The van der Waals surface area contributed by atoms with E-state index in [0.29, 0.717) is 22.9 Å². The van der Waals surface area contributed by atoms with E-state index < -0.39 is 0 Å². The fourth-order valence-electron chi connectivity index (χ4n) is 3.34. The highest BCUT2D eigenvalue weighted by Gasteiger charge is 2.64. The lowest BCUT2D eigenvalue weighted by Crippen LogP contribution is -2.45. The molecule has 16 heavy (non-hydrogen) atoms. The average Bonchev–Trinajstić information content (AvgIpc) is 2.55. The van der Waals surface area contributed by atoms with Crippen LogP contribution in [0.15, 0.2) is 0 Å². The summed E-state index contributed by atoms with van der Waals surface area (Å²) in [5.41, 5.74) is 0.931. The van der Waals surface area contributed by atoms with Crippen LogP contribution in [0.5, 0.6) is 0 Å². The predicted octanol–water partition coefficient (Wildman–Crippen LogP) is 2.40. The van der Waals surface area contributed by atoms with Gasteiger partial charge in [-0.1, -0.05) is 34.6 Å². The molecular weight excluding hydrogens is 196 g/mol. The van der Waals surface area contributed by atoms with E-state index in [0.717, 1.165) is 12.5 Å². The Kier molecular flexibility index (Phi) is 3.09. The Balaban J connectivity index is 1.77. The molecule has 1 saturated heterocycles. The Labute approximate surface area is 101 Å². The lowest BCUT2D eigenvalue weighted by atomic mass is 9.94. The van der Waals surface area contributed by atoms with E-state index >= 15 is 0 Å². The summed E-state index contributed by atoms with van der Waals surface area (Å²) in [7, 11) is 0. The topological polar surface area (TPSA) is 24.1 Å². The number of hydrogen-bond acceptors (Lipinski definition) is 2. The predicted molar refractivity (Wildman–Crippen MR) is 69.5 cm³/mol. The first kappa shape index (κ1) is 12.4.